The summed E-state index contributed by atoms with van der Waals surface area (Å²) < 4.78 is 0. The molecule has 0 radical (unpaired) electrons. The number of aromatic nitrogens is 3. The van der Waals surface area contributed by atoms with E-state index in [4.69, 9.17) is 16.9 Å². The van der Waals surface area contributed by atoms with Gasteiger partial charge in [-0.25, -0.2) is 9.97 Å². The summed E-state index contributed by atoms with van der Waals surface area (Å²) in [5, 5.41) is 13.2. The number of hydrogen-bond donors (Lipinski definition) is 2. The summed E-state index contributed by atoms with van der Waals surface area (Å²) in [5.41, 5.74) is 4.75. The lowest BCUT2D eigenvalue weighted by Gasteiger charge is -2.07. The normalized spacial score (nSPS) is 10.6. The van der Waals surface area contributed by atoms with Crippen LogP contribution in [0.5, 0.6) is 0 Å². The summed E-state index contributed by atoms with van der Waals surface area (Å²) in [4.78, 5) is 23.5. The number of halogens is 1. The number of hydrogen-bond acceptors (Lipinski definition) is 4. The molecule has 0 spiro atoms. The first-order valence-electron chi connectivity index (χ1n) is 9.01. The van der Waals surface area contributed by atoms with Crippen LogP contribution >= 0.6 is 11.6 Å². The Bertz CT molecular complexity index is 1220. The van der Waals surface area contributed by atoms with Crippen LogP contribution in [0.3, 0.4) is 0 Å². The highest BCUT2D eigenvalue weighted by Gasteiger charge is 2.08. The molecule has 2 N–H and O–H groups in total. The second kappa shape index (κ2) is 8.13. The summed E-state index contributed by atoms with van der Waals surface area (Å²) in [7, 11) is 0. The van der Waals surface area contributed by atoms with Crippen LogP contribution in [-0.4, -0.2) is 27.4 Å². The van der Waals surface area contributed by atoms with E-state index in [1.54, 1.807) is 30.6 Å². The molecule has 2 heterocycles. The minimum Gasteiger partial charge on any atom is -0.360 e. The van der Waals surface area contributed by atoms with Crippen molar-refractivity contribution in [1.82, 2.24) is 20.3 Å². The van der Waals surface area contributed by atoms with Crippen LogP contribution < -0.4 is 5.32 Å². The van der Waals surface area contributed by atoms with Crippen molar-refractivity contribution >= 4 is 28.4 Å². The van der Waals surface area contributed by atoms with Crippen LogP contribution in [0.25, 0.3) is 22.2 Å². The third kappa shape index (κ3) is 4.10. The number of benzene rings is 2. The molecule has 2 aromatic carbocycles. The average Bonchev–Trinajstić information content (AvgIpc) is 3.16. The zero-order chi connectivity index (χ0) is 20.2. The summed E-state index contributed by atoms with van der Waals surface area (Å²) >= 11 is 5.82. The number of H-pyrrole nitrogens is 1. The molecule has 4 rings (SSSR count). The second-order valence-electron chi connectivity index (χ2n) is 6.49. The average molecular weight is 402 g/mol. The highest BCUT2D eigenvalue weighted by Crippen LogP contribution is 2.20. The predicted molar refractivity (Wildman–Crippen MR) is 112 cm³/mol. The number of fused-ring (bicyclic) bond motifs is 1. The van der Waals surface area contributed by atoms with Gasteiger partial charge in [-0.3, -0.25) is 4.79 Å². The highest BCUT2D eigenvalue weighted by molar-refractivity contribution is 6.28. The molecular formula is C22H16ClN5O. The maximum absolute atomic E-state index is 12.4. The van der Waals surface area contributed by atoms with Gasteiger partial charge in [-0.2, -0.15) is 5.26 Å². The fourth-order valence-corrected chi connectivity index (χ4v) is 3.27. The fourth-order valence-electron chi connectivity index (χ4n) is 3.13. The van der Waals surface area contributed by atoms with Crippen LogP contribution in [0, 0.1) is 11.3 Å². The quantitative estimate of drug-likeness (QED) is 0.492. The van der Waals surface area contributed by atoms with E-state index >= 15 is 0 Å². The lowest BCUT2D eigenvalue weighted by Crippen LogP contribution is -2.25. The van der Waals surface area contributed by atoms with E-state index in [1.807, 2.05) is 30.3 Å². The van der Waals surface area contributed by atoms with E-state index in [2.05, 4.69) is 26.3 Å². The van der Waals surface area contributed by atoms with Crippen molar-refractivity contribution in [2.75, 3.05) is 6.54 Å². The van der Waals surface area contributed by atoms with Gasteiger partial charge in [0.15, 0.2) is 0 Å². The van der Waals surface area contributed by atoms with Gasteiger partial charge in [0, 0.05) is 41.0 Å². The zero-order valence-corrected chi connectivity index (χ0v) is 16.1. The molecular weight excluding hydrogens is 386 g/mol. The lowest BCUT2D eigenvalue weighted by atomic mass is 10.1. The third-order valence-corrected chi connectivity index (χ3v) is 4.82. The van der Waals surface area contributed by atoms with Crippen molar-refractivity contribution < 1.29 is 4.79 Å². The van der Waals surface area contributed by atoms with E-state index in [0.29, 0.717) is 29.8 Å². The van der Waals surface area contributed by atoms with Gasteiger partial charge >= 0.3 is 0 Å². The Balaban J connectivity index is 1.38. The molecule has 29 heavy (non-hydrogen) atoms. The molecule has 142 valence electrons. The van der Waals surface area contributed by atoms with E-state index in [1.165, 1.54) is 0 Å². The minimum atomic E-state index is -0.141. The van der Waals surface area contributed by atoms with Crippen molar-refractivity contribution in [1.29, 1.82) is 5.26 Å². The number of carbonyl (C=O) groups is 1. The maximum atomic E-state index is 12.4. The van der Waals surface area contributed by atoms with Crippen LogP contribution in [0.2, 0.25) is 5.28 Å². The lowest BCUT2D eigenvalue weighted by molar-refractivity contribution is 0.0954. The Morgan fingerprint density at radius 3 is 2.76 bits per heavy atom. The summed E-state index contributed by atoms with van der Waals surface area (Å²) in [6.45, 7) is 0.500. The van der Waals surface area contributed by atoms with Gasteiger partial charge in [-0.1, -0.05) is 18.2 Å². The zero-order valence-electron chi connectivity index (χ0n) is 15.3. The molecule has 2 aromatic heterocycles. The molecule has 0 unspecified atom stereocenters. The number of aromatic amines is 1. The molecule has 0 aliphatic heterocycles. The van der Waals surface area contributed by atoms with Crippen molar-refractivity contribution in [2.45, 2.75) is 6.42 Å². The first kappa shape index (κ1) is 18.7. The maximum Gasteiger partial charge on any atom is 0.251 e. The second-order valence-corrected chi connectivity index (χ2v) is 6.83. The van der Waals surface area contributed by atoms with E-state index < -0.39 is 0 Å². The molecule has 0 saturated heterocycles. The Hall–Kier alpha value is -3.69. The Labute approximate surface area is 172 Å². The number of carbonyl (C=O) groups excluding carboxylic acids is 1. The van der Waals surface area contributed by atoms with Crippen molar-refractivity contribution in [3.8, 4) is 17.3 Å². The molecule has 0 bridgehead atoms. The molecule has 7 heteroatoms. The summed E-state index contributed by atoms with van der Waals surface area (Å²) in [5.74, 6) is -0.141. The standard InChI is InChI=1S/C22H16ClN5O/c23-22-26-10-8-19(28-22)15-2-4-16(5-3-15)21(29)25-9-7-14-1-6-20-18(11-14)17(12-24)13-27-20/h1-6,8,10-11,13,27H,7,9H2,(H,25,29). The predicted octanol–water partition coefficient (Wildman–Crippen LogP) is 4.12. The highest BCUT2D eigenvalue weighted by atomic mass is 35.5. The Kier molecular flexibility index (Phi) is 5.23. The topological polar surface area (TPSA) is 94.5 Å². The van der Waals surface area contributed by atoms with Gasteiger partial charge in [0.25, 0.3) is 5.91 Å². The number of nitrogens with zero attached hydrogens (tertiary/aromatic N) is 3. The summed E-state index contributed by atoms with van der Waals surface area (Å²) in [6, 6.07) is 17.0. The monoisotopic (exact) mass is 401 g/mol. The van der Waals surface area contributed by atoms with E-state index in [-0.39, 0.29) is 11.2 Å². The minimum absolute atomic E-state index is 0.141. The smallest absolute Gasteiger partial charge is 0.251 e. The van der Waals surface area contributed by atoms with Crippen LogP contribution in [-0.2, 0) is 6.42 Å². The van der Waals surface area contributed by atoms with Gasteiger partial charge in [-0.05, 0) is 53.9 Å². The van der Waals surface area contributed by atoms with Crippen molar-refractivity contribution in [3.05, 3.63) is 82.9 Å². The largest absolute Gasteiger partial charge is 0.360 e. The molecule has 1 amide bonds. The first-order chi connectivity index (χ1) is 14.1. The fraction of sp³-hybridized carbons (Fsp3) is 0.0909. The van der Waals surface area contributed by atoms with Crippen LogP contribution in [0.15, 0.2) is 60.9 Å². The number of nitriles is 1. The van der Waals surface area contributed by atoms with Gasteiger partial charge in [0.05, 0.1) is 11.3 Å². The van der Waals surface area contributed by atoms with Gasteiger partial charge in [0.1, 0.15) is 6.07 Å². The third-order valence-electron chi connectivity index (χ3n) is 4.63. The molecule has 0 fully saturated rings. The Morgan fingerprint density at radius 2 is 2.00 bits per heavy atom. The molecule has 0 saturated carbocycles. The van der Waals surface area contributed by atoms with Crippen LogP contribution in [0.1, 0.15) is 21.5 Å². The van der Waals surface area contributed by atoms with Crippen LogP contribution in [0.4, 0.5) is 0 Å². The van der Waals surface area contributed by atoms with Gasteiger partial charge in [0.2, 0.25) is 5.28 Å². The molecule has 0 aliphatic carbocycles. The number of nitrogens with one attached hydrogen (secondary N) is 2. The number of amides is 1. The van der Waals surface area contributed by atoms with E-state index in [0.717, 1.165) is 22.0 Å². The molecule has 0 aliphatic rings. The van der Waals surface area contributed by atoms with Crippen molar-refractivity contribution in [3.63, 3.8) is 0 Å². The first-order valence-corrected chi connectivity index (χ1v) is 9.39. The number of rotatable bonds is 5. The molecule has 6 nitrogen and oxygen atoms in total. The molecule has 0 atom stereocenters. The SMILES string of the molecule is N#Cc1c[nH]c2ccc(CCNC(=O)c3ccc(-c4ccnc(Cl)n4)cc3)cc12. The van der Waals surface area contributed by atoms with E-state index in [9.17, 15) is 4.79 Å². The summed E-state index contributed by atoms with van der Waals surface area (Å²) in [6.07, 6.45) is 3.97. The van der Waals surface area contributed by atoms with Gasteiger partial charge < -0.3 is 10.3 Å². The van der Waals surface area contributed by atoms with Gasteiger partial charge in [-0.15, -0.1) is 0 Å². The van der Waals surface area contributed by atoms with Crippen molar-refractivity contribution in [2.24, 2.45) is 0 Å². The molecule has 4 aromatic rings. The Morgan fingerprint density at radius 1 is 1.17 bits per heavy atom.